The molecule has 0 spiro atoms. The third-order valence-electron chi connectivity index (χ3n) is 3.36. The van der Waals surface area contributed by atoms with Crippen molar-refractivity contribution in [1.82, 2.24) is 9.78 Å². The Hall–Kier alpha value is -1.63. The zero-order chi connectivity index (χ0) is 13.3. The SMILES string of the molecule is CCc1nn(C)c(OC2CC(CN)C2)c1[N+](=O)[O-]. The van der Waals surface area contributed by atoms with Gasteiger partial charge in [0.25, 0.3) is 5.88 Å². The fourth-order valence-corrected chi connectivity index (χ4v) is 2.23. The number of nitrogens with two attached hydrogens (primary N) is 1. The first-order valence-corrected chi connectivity index (χ1v) is 6.13. The van der Waals surface area contributed by atoms with Gasteiger partial charge in [0.05, 0.1) is 4.92 Å². The molecule has 1 aliphatic carbocycles. The maximum atomic E-state index is 11.1. The van der Waals surface area contributed by atoms with Crippen LogP contribution in [0.1, 0.15) is 25.5 Å². The van der Waals surface area contributed by atoms with Crippen LogP contribution in [0.5, 0.6) is 5.88 Å². The third-order valence-corrected chi connectivity index (χ3v) is 3.36. The number of nitro groups is 1. The molecule has 2 N–H and O–H groups in total. The van der Waals surface area contributed by atoms with E-state index in [1.54, 1.807) is 7.05 Å². The van der Waals surface area contributed by atoms with E-state index in [9.17, 15) is 10.1 Å². The number of aromatic nitrogens is 2. The Kier molecular flexibility index (Phi) is 3.51. The van der Waals surface area contributed by atoms with Crippen LogP contribution in [0.4, 0.5) is 5.69 Å². The minimum Gasteiger partial charge on any atom is -0.470 e. The molecule has 0 radical (unpaired) electrons. The molecule has 1 heterocycles. The van der Waals surface area contributed by atoms with E-state index in [0.717, 1.165) is 12.8 Å². The van der Waals surface area contributed by atoms with E-state index in [1.807, 2.05) is 6.92 Å². The number of aryl methyl sites for hydroxylation is 2. The van der Waals surface area contributed by atoms with Crippen molar-refractivity contribution in [3.63, 3.8) is 0 Å². The highest BCUT2D eigenvalue weighted by Gasteiger charge is 2.34. The molecule has 0 aliphatic heterocycles. The summed E-state index contributed by atoms with van der Waals surface area (Å²) in [6, 6.07) is 0. The predicted octanol–water partition coefficient (Wildman–Crippen LogP) is 1.01. The largest absolute Gasteiger partial charge is 0.470 e. The van der Waals surface area contributed by atoms with Crippen LogP contribution in [0.15, 0.2) is 0 Å². The summed E-state index contributed by atoms with van der Waals surface area (Å²) >= 11 is 0. The van der Waals surface area contributed by atoms with Crippen LogP contribution in [-0.2, 0) is 13.5 Å². The lowest BCUT2D eigenvalue weighted by molar-refractivity contribution is -0.386. The highest BCUT2D eigenvalue weighted by atomic mass is 16.6. The fraction of sp³-hybridized carbons (Fsp3) is 0.727. The Labute approximate surface area is 105 Å². The highest BCUT2D eigenvalue weighted by Crippen LogP contribution is 2.36. The Bertz CT molecular complexity index is 451. The summed E-state index contributed by atoms with van der Waals surface area (Å²) in [5.41, 5.74) is 6.00. The zero-order valence-electron chi connectivity index (χ0n) is 10.6. The summed E-state index contributed by atoms with van der Waals surface area (Å²) in [5.74, 6) is 0.741. The van der Waals surface area contributed by atoms with Gasteiger partial charge < -0.3 is 10.5 Å². The van der Waals surface area contributed by atoms with E-state index in [4.69, 9.17) is 10.5 Å². The lowest BCUT2D eigenvalue weighted by Gasteiger charge is -2.33. The van der Waals surface area contributed by atoms with Gasteiger partial charge in [0.15, 0.2) is 0 Å². The summed E-state index contributed by atoms with van der Waals surface area (Å²) in [5, 5.41) is 15.2. The van der Waals surface area contributed by atoms with Gasteiger partial charge in [0.1, 0.15) is 11.8 Å². The van der Waals surface area contributed by atoms with Gasteiger partial charge in [-0.15, -0.1) is 0 Å². The predicted molar refractivity (Wildman–Crippen MR) is 65.4 cm³/mol. The number of hydrogen-bond donors (Lipinski definition) is 1. The first-order chi connectivity index (χ1) is 8.56. The highest BCUT2D eigenvalue weighted by molar-refractivity contribution is 5.46. The topological polar surface area (TPSA) is 96.2 Å². The maximum Gasteiger partial charge on any atom is 0.353 e. The molecule has 1 aromatic rings. The standard InChI is InChI=1S/C11H18N4O3/c1-3-9-10(15(16)17)11(14(2)13-9)18-8-4-7(5-8)6-12/h7-8H,3-6,12H2,1-2H3. The molecular formula is C11H18N4O3. The van der Waals surface area contributed by atoms with Crippen molar-refractivity contribution in [2.24, 2.45) is 18.7 Å². The van der Waals surface area contributed by atoms with Gasteiger partial charge in [-0.3, -0.25) is 10.1 Å². The average Bonchev–Trinajstić information content (AvgIpc) is 2.59. The van der Waals surface area contributed by atoms with Crippen molar-refractivity contribution in [2.75, 3.05) is 6.54 Å². The van der Waals surface area contributed by atoms with Gasteiger partial charge in [0.2, 0.25) is 0 Å². The molecule has 2 rings (SSSR count). The van der Waals surface area contributed by atoms with Crippen molar-refractivity contribution in [1.29, 1.82) is 0 Å². The smallest absolute Gasteiger partial charge is 0.353 e. The summed E-state index contributed by atoms with van der Waals surface area (Å²) < 4.78 is 7.14. The van der Waals surface area contributed by atoms with E-state index in [1.165, 1.54) is 4.68 Å². The Morgan fingerprint density at radius 3 is 2.78 bits per heavy atom. The van der Waals surface area contributed by atoms with Crippen LogP contribution in [-0.4, -0.2) is 27.4 Å². The second-order valence-corrected chi connectivity index (χ2v) is 4.65. The summed E-state index contributed by atoms with van der Waals surface area (Å²) in [6.45, 7) is 2.49. The van der Waals surface area contributed by atoms with E-state index < -0.39 is 4.92 Å². The Balaban J connectivity index is 2.17. The fourth-order valence-electron chi connectivity index (χ4n) is 2.23. The first-order valence-electron chi connectivity index (χ1n) is 6.13. The van der Waals surface area contributed by atoms with Gasteiger partial charge in [0, 0.05) is 7.05 Å². The normalized spacial score (nSPS) is 22.6. The second kappa shape index (κ2) is 4.93. The molecular weight excluding hydrogens is 236 g/mol. The first kappa shape index (κ1) is 12.8. The molecule has 0 bridgehead atoms. The molecule has 7 nitrogen and oxygen atoms in total. The minimum absolute atomic E-state index is 0.00352. The van der Waals surface area contributed by atoms with Crippen molar-refractivity contribution in [2.45, 2.75) is 32.3 Å². The van der Waals surface area contributed by atoms with Crippen molar-refractivity contribution in [3.05, 3.63) is 15.8 Å². The number of rotatable bonds is 5. The summed E-state index contributed by atoms with van der Waals surface area (Å²) in [6.07, 6.45) is 2.27. The average molecular weight is 254 g/mol. The van der Waals surface area contributed by atoms with Gasteiger partial charge in [-0.1, -0.05) is 6.92 Å². The third kappa shape index (κ3) is 2.17. The molecule has 0 amide bonds. The van der Waals surface area contributed by atoms with Crippen LogP contribution >= 0.6 is 0 Å². The lowest BCUT2D eigenvalue weighted by atomic mass is 9.82. The van der Waals surface area contributed by atoms with Gasteiger partial charge in [-0.25, -0.2) is 4.68 Å². The lowest BCUT2D eigenvalue weighted by Crippen LogP contribution is -2.38. The molecule has 18 heavy (non-hydrogen) atoms. The summed E-state index contributed by atoms with van der Waals surface area (Å²) in [4.78, 5) is 10.7. The van der Waals surface area contributed by atoms with Crippen LogP contribution in [0.3, 0.4) is 0 Å². The van der Waals surface area contributed by atoms with Gasteiger partial charge >= 0.3 is 5.69 Å². The minimum atomic E-state index is -0.416. The number of nitrogens with zero attached hydrogens (tertiary/aromatic N) is 3. The van der Waals surface area contributed by atoms with Crippen molar-refractivity contribution >= 4 is 5.69 Å². The summed E-state index contributed by atoms with van der Waals surface area (Å²) in [7, 11) is 1.67. The molecule has 0 atom stereocenters. The number of hydrogen-bond acceptors (Lipinski definition) is 5. The molecule has 1 fully saturated rings. The van der Waals surface area contributed by atoms with Gasteiger partial charge in [-0.2, -0.15) is 5.10 Å². The van der Waals surface area contributed by atoms with Crippen LogP contribution < -0.4 is 10.5 Å². The molecule has 0 aromatic carbocycles. The van der Waals surface area contributed by atoms with E-state index in [0.29, 0.717) is 24.6 Å². The zero-order valence-corrected chi connectivity index (χ0v) is 10.6. The van der Waals surface area contributed by atoms with E-state index >= 15 is 0 Å². The monoisotopic (exact) mass is 254 g/mol. The Morgan fingerprint density at radius 1 is 1.61 bits per heavy atom. The maximum absolute atomic E-state index is 11.1. The van der Waals surface area contributed by atoms with Crippen LogP contribution in [0, 0.1) is 16.0 Å². The molecule has 1 saturated carbocycles. The quantitative estimate of drug-likeness (QED) is 0.624. The van der Waals surface area contributed by atoms with E-state index in [-0.39, 0.29) is 17.7 Å². The molecule has 100 valence electrons. The molecule has 7 heteroatoms. The molecule has 1 aliphatic rings. The molecule has 0 unspecified atom stereocenters. The van der Waals surface area contributed by atoms with Crippen LogP contribution in [0.2, 0.25) is 0 Å². The van der Waals surface area contributed by atoms with Gasteiger partial charge in [-0.05, 0) is 31.7 Å². The van der Waals surface area contributed by atoms with E-state index in [2.05, 4.69) is 5.10 Å². The van der Waals surface area contributed by atoms with Crippen molar-refractivity contribution in [3.8, 4) is 5.88 Å². The number of ether oxygens (including phenoxy) is 1. The molecule has 1 aromatic heterocycles. The van der Waals surface area contributed by atoms with Crippen LogP contribution in [0.25, 0.3) is 0 Å². The second-order valence-electron chi connectivity index (χ2n) is 4.65. The molecule has 0 saturated heterocycles. The Morgan fingerprint density at radius 2 is 2.28 bits per heavy atom. The van der Waals surface area contributed by atoms with Crippen molar-refractivity contribution < 1.29 is 9.66 Å².